The maximum absolute atomic E-state index is 12.8. The molecule has 1 aromatic rings. The number of halogens is 1. The molecule has 0 spiro atoms. The Morgan fingerprint density at radius 3 is 2.35 bits per heavy atom. The van der Waals surface area contributed by atoms with Crippen molar-refractivity contribution in [1.29, 1.82) is 0 Å². The van der Waals surface area contributed by atoms with E-state index in [0.29, 0.717) is 18.7 Å². The van der Waals surface area contributed by atoms with Crippen molar-refractivity contribution in [2.24, 2.45) is 0 Å². The first-order chi connectivity index (χ1) is 9.60. The summed E-state index contributed by atoms with van der Waals surface area (Å²) < 4.78 is 12.8. The van der Waals surface area contributed by atoms with E-state index in [1.165, 1.54) is 24.3 Å². The Morgan fingerprint density at radius 2 is 1.80 bits per heavy atom. The van der Waals surface area contributed by atoms with Crippen LogP contribution in [0.3, 0.4) is 0 Å². The lowest BCUT2D eigenvalue weighted by Gasteiger charge is -2.32. The number of nitrogens with zero attached hydrogens (tertiary/aromatic N) is 1. The van der Waals surface area contributed by atoms with E-state index in [1.54, 1.807) is 11.9 Å². The third-order valence-electron chi connectivity index (χ3n) is 3.44. The van der Waals surface area contributed by atoms with Gasteiger partial charge < -0.3 is 15.5 Å². The van der Waals surface area contributed by atoms with Crippen LogP contribution in [0.4, 0.5) is 9.18 Å². The number of carbonyl (C=O) groups excluding carboxylic acids is 2. The number of amides is 3. The van der Waals surface area contributed by atoms with Crippen molar-refractivity contribution in [1.82, 2.24) is 15.5 Å². The maximum atomic E-state index is 12.8. The molecule has 108 valence electrons. The van der Waals surface area contributed by atoms with E-state index >= 15 is 0 Å². The predicted octanol–water partition coefficient (Wildman–Crippen LogP) is 1.36. The molecule has 0 bridgehead atoms. The Hall–Kier alpha value is -2.11. The Bertz CT molecular complexity index is 482. The highest BCUT2D eigenvalue weighted by atomic mass is 19.1. The van der Waals surface area contributed by atoms with Gasteiger partial charge in [0.1, 0.15) is 5.82 Å². The highest BCUT2D eigenvalue weighted by molar-refractivity contribution is 5.94. The zero-order valence-electron chi connectivity index (χ0n) is 11.4. The van der Waals surface area contributed by atoms with Crippen LogP contribution in [-0.2, 0) is 0 Å². The summed E-state index contributed by atoms with van der Waals surface area (Å²) >= 11 is 0. The minimum absolute atomic E-state index is 0.0495. The number of likely N-dealkylation sites (tertiary alicyclic amines) is 1. The first-order valence-electron chi connectivity index (χ1n) is 6.63. The van der Waals surface area contributed by atoms with Crippen LogP contribution in [0.15, 0.2) is 24.3 Å². The second-order valence-electron chi connectivity index (χ2n) is 4.80. The summed E-state index contributed by atoms with van der Waals surface area (Å²) in [5.74, 6) is -0.566. The summed E-state index contributed by atoms with van der Waals surface area (Å²) in [5.41, 5.74) is 0.445. The molecule has 3 amide bonds. The number of nitrogens with one attached hydrogen (secondary N) is 2. The Kier molecular flexibility index (Phi) is 4.55. The van der Waals surface area contributed by atoms with Crippen molar-refractivity contribution in [2.45, 2.75) is 18.9 Å². The summed E-state index contributed by atoms with van der Waals surface area (Å²) in [5, 5.41) is 5.50. The molecule has 1 aliphatic heterocycles. The second-order valence-corrected chi connectivity index (χ2v) is 4.80. The van der Waals surface area contributed by atoms with E-state index in [0.717, 1.165) is 12.8 Å². The van der Waals surface area contributed by atoms with Crippen molar-refractivity contribution >= 4 is 11.9 Å². The Labute approximate surface area is 117 Å². The molecule has 0 unspecified atom stereocenters. The molecular formula is C14H18FN3O2. The van der Waals surface area contributed by atoms with E-state index in [1.807, 2.05) is 0 Å². The van der Waals surface area contributed by atoms with E-state index in [-0.39, 0.29) is 23.8 Å². The summed E-state index contributed by atoms with van der Waals surface area (Å²) in [6, 6.07) is 5.42. The number of piperidine rings is 1. The van der Waals surface area contributed by atoms with Crippen LogP contribution >= 0.6 is 0 Å². The monoisotopic (exact) mass is 279 g/mol. The van der Waals surface area contributed by atoms with Gasteiger partial charge in [0.05, 0.1) is 0 Å². The van der Waals surface area contributed by atoms with Crippen molar-refractivity contribution < 1.29 is 14.0 Å². The molecule has 5 nitrogen and oxygen atoms in total. The molecule has 0 atom stereocenters. The average molecular weight is 279 g/mol. The normalized spacial score (nSPS) is 15.8. The molecule has 6 heteroatoms. The number of benzene rings is 1. The zero-order chi connectivity index (χ0) is 14.5. The summed E-state index contributed by atoms with van der Waals surface area (Å²) in [6.45, 7) is 1.24. The van der Waals surface area contributed by atoms with Crippen molar-refractivity contribution in [2.75, 3.05) is 20.1 Å². The van der Waals surface area contributed by atoms with Crippen LogP contribution in [0.25, 0.3) is 0 Å². The quantitative estimate of drug-likeness (QED) is 0.858. The Morgan fingerprint density at radius 1 is 1.20 bits per heavy atom. The summed E-state index contributed by atoms with van der Waals surface area (Å²) in [4.78, 5) is 25.1. The van der Waals surface area contributed by atoms with Gasteiger partial charge in [0.25, 0.3) is 5.91 Å². The number of carbonyl (C=O) groups is 2. The standard InChI is InChI=1S/C14H18FN3O2/c1-16-14(20)18-8-6-12(7-9-18)17-13(19)10-2-4-11(15)5-3-10/h2-5,12H,6-9H2,1H3,(H,16,20)(H,17,19). The number of hydrogen-bond donors (Lipinski definition) is 2. The SMILES string of the molecule is CNC(=O)N1CCC(NC(=O)c2ccc(F)cc2)CC1. The molecule has 0 aromatic heterocycles. The van der Waals surface area contributed by atoms with Gasteiger partial charge in [-0.15, -0.1) is 0 Å². The molecule has 1 aliphatic rings. The highest BCUT2D eigenvalue weighted by Crippen LogP contribution is 2.11. The fourth-order valence-corrected chi connectivity index (χ4v) is 2.26. The van der Waals surface area contributed by atoms with Crippen LogP contribution in [0.5, 0.6) is 0 Å². The molecule has 1 fully saturated rings. The van der Waals surface area contributed by atoms with Gasteiger partial charge in [0.15, 0.2) is 0 Å². The van der Waals surface area contributed by atoms with Crippen LogP contribution in [0, 0.1) is 5.82 Å². The van der Waals surface area contributed by atoms with Gasteiger partial charge in [-0.2, -0.15) is 0 Å². The minimum atomic E-state index is -0.361. The highest BCUT2D eigenvalue weighted by Gasteiger charge is 2.23. The molecule has 1 saturated heterocycles. The third-order valence-corrected chi connectivity index (χ3v) is 3.44. The second kappa shape index (κ2) is 6.36. The molecule has 0 radical (unpaired) electrons. The molecule has 0 saturated carbocycles. The van der Waals surface area contributed by atoms with E-state index in [9.17, 15) is 14.0 Å². The average Bonchev–Trinajstić information content (AvgIpc) is 2.48. The van der Waals surface area contributed by atoms with Gasteiger partial charge in [-0.05, 0) is 37.1 Å². The van der Waals surface area contributed by atoms with Crippen molar-refractivity contribution in [3.05, 3.63) is 35.6 Å². The molecule has 20 heavy (non-hydrogen) atoms. The van der Waals surface area contributed by atoms with Gasteiger partial charge in [0.2, 0.25) is 0 Å². The number of urea groups is 1. The molecular weight excluding hydrogens is 261 g/mol. The van der Waals surface area contributed by atoms with Gasteiger partial charge in [-0.3, -0.25) is 4.79 Å². The lowest BCUT2D eigenvalue weighted by molar-refractivity contribution is 0.0918. The molecule has 2 N–H and O–H groups in total. The minimum Gasteiger partial charge on any atom is -0.349 e. The maximum Gasteiger partial charge on any atom is 0.317 e. The van der Waals surface area contributed by atoms with Crippen molar-refractivity contribution in [3.8, 4) is 0 Å². The largest absolute Gasteiger partial charge is 0.349 e. The predicted molar refractivity (Wildman–Crippen MR) is 72.9 cm³/mol. The molecule has 0 aliphatic carbocycles. The first-order valence-corrected chi connectivity index (χ1v) is 6.63. The Balaban J connectivity index is 1.85. The summed E-state index contributed by atoms with van der Waals surface area (Å²) in [7, 11) is 1.60. The lowest BCUT2D eigenvalue weighted by Crippen LogP contribution is -2.48. The molecule has 1 aromatic carbocycles. The van der Waals surface area contributed by atoms with Gasteiger partial charge in [0, 0.05) is 31.7 Å². The van der Waals surface area contributed by atoms with Crippen LogP contribution < -0.4 is 10.6 Å². The van der Waals surface area contributed by atoms with Gasteiger partial charge >= 0.3 is 6.03 Å². The van der Waals surface area contributed by atoms with E-state index < -0.39 is 0 Å². The van der Waals surface area contributed by atoms with Gasteiger partial charge in [-0.25, -0.2) is 9.18 Å². The van der Waals surface area contributed by atoms with Gasteiger partial charge in [-0.1, -0.05) is 0 Å². The lowest BCUT2D eigenvalue weighted by atomic mass is 10.0. The number of rotatable bonds is 2. The smallest absolute Gasteiger partial charge is 0.317 e. The summed E-state index contributed by atoms with van der Waals surface area (Å²) in [6.07, 6.45) is 1.45. The fraction of sp³-hybridized carbons (Fsp3) is 0.429. The fourth-order valence-electron chi connectivity index (χ4n) is 2.26. The topological polar surface area (TPSA) is 61.4 Å². The molecule has 2 rings (SSSR count). The number of hydrogen-bond acceptors (Lipinski definition) is 2. The van der Waals surface area contributed by atoms with E-state index in [4.69, 9.17) is 0 Å². The zero-order valence-corrected chi connectivity index (χ0v) is 11.4. The first kappa shape index (κ1) is 14.3. The van der Waals surface area contributed by atoms with Crippen molar-refractivity contribution in [3.63, 3.8) is 0 Å². The third kappa shape index (κ3) is 3.46. The van der Waals surface area contributed by atoms with E-state index in [2.05, 4.69) is 10.6 Å². The molecule has 1 heterocycles. The van der Waals surface area contributed by atoms with Crippen LogP contribution in [0.1, 0.15) is 23.2 Å². The van der Waals surface area contributed by atoms with Crippen LogP contribution in [0.2, 0.25) is 0 Å². The van der Waals surface area contributed by atoms with Crippen LogP contribution in [-0.4, -0.2) is 43.0 Å².